The molecule has 4 aliphatic heterocycles. The van der Waals surface area contributed by atoms with Crippen molar-refractivity contribution in [3.8, 4) is 5.75 Å². The van der Waals surface area contributed by atoms with E-state index in [2.05, 4.69) is 17.3 Å². The summed E-state index contributed by atoms with van der Waals surface area (Å²) in [5.74, 6) is 0.310. The number of fused-ring (bicyclic) bond motifs is 2. The van der Waals surface area contributed by atoms with E-state index in [0.717, 1.165) is 32.6 Å². The summed E-state index contributed by atoms with van der Waals surface area (Å²) in [5.41, 5.74) is 1.01. The van der Waals surface area contributed by atoms with Crippen LogP contribution < -0.4 is 10.1 Å². The number of nitrogens with zero attached hydrogens (tertiary/aromatic N) is 3. The van der Waals surface area contributed by atoms with Crippen LogP contribution in [0.5, 0.6) is 5.75 Å². The van der Waals surface area contributed by atoms with Crippen molar-refractivity contribution in [2.75, 3.05) is 65.4 Å². The maximum atomic E-state index is 13.5. The molecule has 1 aromatic carbocycles. The maximum Gasteiger partial charge on any atom is 0.257 e. The molecule has 0 aromatic heterocycles. The summed E-state index contributed by atoms with van der Waals surface area (Å²) in [6, 6.07) is 5.06. The highest BCUT2D eigenvalue weighted by Gasteiger charge is 2.39. The number of piperazine rings is 1. The predicted molar refractivity (Wildman–Crippen MR) is 137 cm³/mol. The van der Waals surface area contributed by atoms with E-state index < -0.39 is 0 Å². The van der Waals surface area contributed by atoms with Crippen LogP contribution in [-0.4, -0.2) is 111 Å². The highest BCUT2D eigenvalue weighted by atomic mass is 16.5. The van der Waals surface area contributed by atoms with Gasteiger partial charge in [0.2, 0.25) is 11.8 Å². The van der Waals surface area contributed by atoms with Gasteiger partial charge in [-0.2, -0.15) is 0 Å². The number of anilines is 1. The second kappa shape index (κ2) is 11.4. The van der Waals surface area contributed by atoms with E-state index in [1.165, 1.54) is 0 Å². The summed E-state index contributed by atoms with van der Waals surface area (Å²) >= 11 is 0. The number of likely N-dealkylation sites (N-methyl/N-ethyl adjacent to an activating group) is 2. The minimum atomic E-state index is -0.311. The van der Waals surface area contributed by atoms with Gasteiger partial charge in [-0.3, -0.25) is 14.4 Å². The molecule has 0 bridgehead atoms. The van der Waals surface area contributed by atoms with Crippen molar-refractivity contribution in [1.82, 2.24) is 14.7 Å². The van der Waals surface area contributed by atoms with Crippen LogP contribution in [-0.2, 0) is 19.1 Å². The molecule has 37 heavy (non-hydrogen) atoms. The fourth-order valence-electron chi connectivity index (χ4n) is 5.69. The monoisotopic (exact) mass is 514 g/mol. The molecule has 0 radical (unpaired) electrons. The molecule has 0 unspecified atom stereocenters. The Bertz CT molecular complexity index is 1000. The number of hydrogen-bond donors (Lipinski definition) is 1. The third kappa shape index (κ3) is 5.91. The SMILES string of the molecule is CN1CCN(C(=O)C[C@@H]2CC[C@@H]3[C@@H](COc4ccc(NC(=O)C5CCOCC5)cc4C(=O)N3C)O2)CC1. The van der Waals surface area contributed by atoms with Gasteiger partial charge in [-0.15, -0.1) is 0 Å². The Balaban J connectivity index is 1.23. The third-order valence-corrected chi connectivity index (χ3v) is 8.13. The topological polar surface area (TPSA) is 101 Å². The standard InChI is InChI=1S/C27H38N4O6/c1-29-9-11-31(12-10-29)25(32)16-20-4-5-22-24(37-20)17-36-23-6-3-19(15-21(23)27(34)30(22)2)28-26(33)18-7-13-35-14-8-18/h3,6,15,18,20,22,24H,4-5,7-14,16-17H2,1-2H3,(H,28,33)/t20-,22+,24+/m0/s1. The predicted octanol–water partition coefficient (Wildman–Crippen LogP) is 1.60. The zero-order valence-electron chi connectivity index (χ0n) is 21.8. The largest absolute Gasteiger partial charge is 0.490 e. The summed E-state index contributed by atoms with van der Waals surface area (Å²) in [5, 5.41) is 2.96. The first kappa shape index (κ1) is 25.9. The van der Waals surface area contributed by atoms with Crippen LogP contribution in [0.25, 0.3) is 0 Å². The van der Waals surface area contributed by atoms with Gasteiger partial charge in [-0.05, 0) is 50.9 Å². The Morgan fingerprint density at radius 3 is 2.54 bits per heavy atom. The van der Waals surface area contributed by atoms with Crippen molar-refractivity contribution in [3.63, 3.8) is 0 Å². The molecular formula is C27H38N4O6. The Hall–Kier alpha value is -2.69. The van der Waals surface area contributed by atoms with E-state index in [1.54, 1.807) is 30.1 Å². The van der Waals surface area contributed by atoms with Gasteiger partial charge in [-0.1, -0.05) is 0 Å². The smallest absolute Gasteiger partial charge is 0.257 e. The van der Waals surface area contributed by atoms with Crippen molar-refractivity contribution in [2.45, 2.75) is 50.4 Å². The number of benzene rings is 1. The lowest BCUT2D eigenvalue weighted by Crippen LogP contribution is -2.54. The van der Waals surface area contributed by atoms with Crippen molar-refractivity contribution >= 4 is 23.4 Å². The molecule has 202 valence electrons. The van der Waals surface area contributed by atoms with Crippen molar-refractivity contribution in [3.05, 3.63) is 23.8 Å². The normalized spacial score (nSPS) is 27.4. The quantitative estimate of drug-likeness (QED) is 0.651. The molecule has 3 amide bonds. The second-order valence-electron chi connectivity index (χ2n) is 10.6. The van der Waals surface area contributed by atoms with Gasteiger partial charge in [0.25, 0.3) is 5.91 Å². The molecule has 1 N–H and O–H groups in total. The first-order valence-corrected chi connectivity index (χ1v) is 13.4. The van der Waals surface area contributed by atoms with Crippen LogP contribution in [0.2, 0.25) is 0 Å². The summed E-state index contributed by atoms with van der Waals surface area (Å²) in [4.78, 5) is 44.9. The number of ether oxygens (including phenoxy) is 3. The number of nitrogens with one attached hydrogen (secondary N) is 1. The van der Waals surface area contributed by atoms with Crippen LogP contribution in [0.15, 0.2) is 18.2 Å². The second-order valence-corrected chi connectivity index (χ2v) is 10.6. The van der Waals surface area contributed by atoms with Crippen molar-refractivity contribution < 1.29 is 28.6 Å². The molecule has 1 aromatic rings. The van der Waals surface area contributed by atoms with Crippen LogP contribution in [0.3, 0.4) is 0 Å². The van der Waals surface area contributed by atoms with Gasteiger partial charge in [0.05, 0.1) is 24.1 Å². The molecule has 4 aliphatic rings. The minimum absolute atomic E-state index is 0.0475. The zero-order valence-corrected chi connectivity index (χ0v) is 21.8. The van der Waals surface area contributed by atoms with Gasteiger partial charge in [0.1, 0.15) is 18.5 Å². The molecule has 3 saturated heterocycles. The number of carbonyl (C=O) groups is 3. The number of amides is 3. The van der Waals surface area contributed by atoms with Gasteiger partial charge in [-0.25, -0.2) is 0 Å². The molecule has 3 atom stereocenters. The zero-order chi connectivity index (χ0) is 25.9. The van der Waals surface area contributed by atoms with E-state index in [1.807, 2.05) is 4.90 Å². The molecule has 0 spiro atoms. The molecule has 4 heterocycles. The molecule has 0 saturated carbocycles. The number of carbonyl (C=O) groups excluding carboxylic acids is 3. The Labute approximate surface area is 218 Å². The Morgan fingerprint density at radius 1 is 1.03 bits per heavy atom. The minimum Gasteiger partial charge on any atom is -0.490 e. The average molecular weight is 515 g/mol. The maximum absolute atomic E-state index is 13.5. The first-order chi connectivity index (χ1) is 17.9. The Kier molecular flexibility index (Phi) is 7.97. The average Bonchev–Trinajstić information content (AvgIpc) is 2.92. The molecule has 0 aliphatic carbocycles. The first-order valence-electron chi connectivity index (χ1n) is 13.4. The van der Waals surface area contributed by atoms with Crippen LogP contribution >= 0.6 is 0 Å². The molecule has 10 heteroatoms. The number of rotatable bonds is 4. The molecule has 3 fully saturated rings. The van der Waals surface area contributed by atoms with E-state index in [9.17, 15) is 14.4 Å². The van der Waals surface area contributed by atoms with Crippen LogP contribution in [0.1, 0.15) is 42.5 Å². The summed E-state index contributed by atoms with van der Waals surface area (Å²) in [6.45, 7) is 4.77. The fraction of sp³-hybridized carbons (Fsp3) is 0.667. The third-order valence-electron chi connectivity index (χ3n) is 8.13. The molecule has 10 nitrogen and oxygen atoms in total. The van der Waals surface area contributed by atoms with E-state index in [4.69, 9.17) is 14.2 Å². The van der Waals surface area contributed by atoms with Gasteiger partial charge < -0.3 is 34.2 Å². The van der Waals surface area contributed by atoms with Crippen molar-refractivity contribution in [2.24, 2.45) is 5.92 Å². The summed E-state index contributed by atoms with van der Waals surface area (Å²) < 4.78 is 17.8. The van der Waals surface area contributed by atoms with E-state index in [0.29, 0.717) is 62.5 Å². The summed E-state index contributed by atoms with van der Waals surface area (Å²) in [7, 11) is 3.86. The molecule has 5 rings (SSSR count). The lowest BCUT2D eigenvalue weighted by atomic mass is 9.94. The van der Waals surface area contributed by atoms with Crippen LogP contribution in [0, 0.1) is 5.92 Å². The molecular weight excluding hydrogens is 476 g/mol. The summed E-state index contributed by atoms with van der Waals surface area (Å²) in [6.07, 6.45) is 2.73. The van der Waals surface area contributed by atoms with Gasteiger partial charge >= 0.3 is 0 Å². The van der Waals surface area contributed by atoms with Gasteiger partial charge in [0.15, 0.2) is 0 Å². The highest BCUT2D eigenvalue weighted by Crippen LogP contribution is 2.33. The number of hydrogen-bond acceptors (Lipinski definition) is 7. The van der Waals surface area contributed by atoms with E-state index >= 15 is 0 Å². The lowest BCUT2D eigenvalue weighted by molar-refractivity contribution is -0.144. The van der Waals surface area contributed by atoms with Crippen molar-refractivity contribution in [1.29, 1.82) is 0 Å². The van der Waals surface area contributed by atoms with E-state index in [-0.39, 0.29) is 41.9 Å². The van der Waals surface area contributed by atoms with Gasteiger partial charge in [0, 0.05) is 58.0 Å². The Morgan fingerprint density at radius 2 is 1.78 bits per heavy atom. The lowest BCUT2D eigenvalue weighted by Gasteiger charge is -2.42. The highest BCUT2D eigenvalue weighted by molar-refractivity contribution is 6.00. The fourth-order valence-corrected chi connectivity index (χ4v) is 5.69. The van der Waals surface area contributed by atoms with Crippen LogP contribution in [0.4, 0.5) is 5.69 Å².